The third-order valence-corrected chi connectivity index (χ3v) is 5.06. The average Bonchev–Trinajstić information content (AvgIpc) is 3.09. The van der Waals surface area contributed by atoms with E-state index in [0.717, 1.165) is 23.2 Å². The van der Waals surface area contributed by atoms with Crippen molar-refractivity contribution in [1.82, 2.24) is 14.7 Å². The Labute approximate surface area is 146 Å². The van der Waals surface area contributed by atoms with Crippen molar-refractivity contribution in [2.24, 2.45) is 0 Å². The van der Waals surface area contributed by atoms with Crippen LogP contribution in [0.1, 0.15) is 22.4 Å². The van der Waals surface area contributed by atoms with E-state index in [9.17, 15) is 13.5 Å². The van der Waals surface area contributed by atoms with Gasteiger partial charge in [-0.1, -0.05) is 36.4 Å². The number of benzene rings is 2. The zero-order chi connectivity index (χ0) is 17.7. The Balaban J connectivity index is 1.56. The number of aromatic nitrogens is 2. The zero-order valence-electron chi connectivity index (χ0n) is 13.5. The first-order chi connectivity index (χ1) is 12.0. The SMILES string of the molecule is O=S(=O)(Cc1ccc(O)cc1)NCc1ccc(Cc2cnc[nH]2)cc1. The molecule has 0 bridgehead atoms. The Morgan fingerprint density at radius 3 is 2.24 bits per heavy atom. The zero-order valence-corrected chi connectivity index (χ0v) is 14.3. The van der Waals surface area contributed by atoms with Crippen LogP contribution in [0, 0.1) is 0 Å². The Bertz CT molecular complexity index is 903. The largest absolute Gasteiger partial charge is 0.508 e. The van der Waals surface area contributed by atoms with Crippen LogP contribution in [-0.4, -0.2) is 23.5 Å². The minimum atomic E-state index is -3.44. The number of rotatable bonds is 7. The number of hydrogen-bond donors (Lipinski definition) is 3. The molecule has 0 fully saturated rings. The lowest BCUT2D eigenvalue weighted by atomic mass is 10.1. The molecule has 0 amide bonds. The molecule has 1 aromatic heterocycles. The number of aromatic amines is 1. The quantitative estimate of drug-likeness (QED) is 0.605. The van der Waals surface area contributed by atoms with Gasteiger partial charge in [-0.3, -0.25) is 0 Å². The topological polar surface area (TPSA) is 95.1 Å². The molecule has 0 saturated heterocycles. The van der Waals surface area contributed by atoms with Crippen LogP contribution in [0.2, 0.25) is 0 Å². The molecule has 0 unspecified atom stereocenters. The smallest absolute Gasteiger partial charge is 0.216 e. The van der Waals surface area contributed by atoms with Crippen molar-refractivity contribution in [3.05, 3.63) is 83.4 Å². The molecule has 0 atom stereocenters. The van der Waals surface area contributed by atoms with Gasteiger partial charge in [0.2, 0.25) is 10.0 Å². The van der Waals surface area contributed by atoms with Crippen molar-refractivity contribution in [2.45, 2.75) is 18.7 Å². The van der Waals surface area contributed by atoms with Gasteiger partial charge < -0.3 is 10.1 Å². The molecule has 3 aromatic rings. The predicted octanol–water partition coefficient (Wildman–Crippen LogP) is 2.33. The normalized spacial score (nSPS) is 11.5. The lowest BCUT2D eigenvalue weighted by Gasteiger charge is -2.08. The highest BCUT2D eigenvalue weighted by Crippen LogP contribution is 2.13. The maximum absolute atomic E-state index is 12.2. The van der Waals surface area contributed by atoms with Gasteiger partial charge in [0, 0.05) is 24.9 Å². The number of nitrogens with zero attached hydrogens (tertiary/aromatic N) is 1. The predicted molar refractivity (Wildman–Crippen MR) is 95.4 cm³/mol. The van der Waals surface area contributed by atoms with Gasteiger partial charge in [-0.15, -0.1) is 0 Å². The maximum atomic E-state index is 12.2. The van der Waals surface area contributed by atoms with E-state index in [1.165, 1.54) is 12.1 Å². The highest BCUT2D eigenvalue weighted by atomic mass is 32.2. The molecule has 0 spiro atoms. The highest BCUT2D eigenvalue weighted by Gasteiger charge is 2.11. The minimum Gasteiger partial charge on any atom is -0.508 e. The molecule has 7 heteroatoms. The van der Waals surface area contributed by atoms with Crippen LogP contribution >= 0.6 is 0 Å². The fourth-order valence-corrected chi connectivity index (χ4v) is 3.55. The number of hydrogen-bond acceptors (Lipinski definition) is 4. The average molecular weight is 357 g/mol. The van der Waals surface area contributed by atoms with Crippen LogP contribution in [0.3, 0.4) is 0 Å². The molecule has 130 valence electrons. The van der Waals surface area contributed by atoms with Crippen molar-refractivity contribution in [2.75, 3.05) is 0 Å². The van der Waals surface area contributed by atoms with Crippen LogP contribution < -0.4 is 4.72 Å². The summed E-state index contributed by atoms with van der Waals surface area (Å²) >= 11 is 0. The fraction of sp³-hybridized carbons (Fsp3) is 0.167. The summed E-state index contributed by atoms with van der Waals surface area (Å²) in [5, 5.41) is 9.24. The molecule has 3 rings (SSSR count). The number of phenols is 1. The van der Waals surface area contributed by atoms with Gasteiger partial charge in [-0.25, -0.2) is 18.1 Å². The molecule has 0 aliphatic heterocycles. The molecule has 2 aromatic carbocycles. The van der Waals surface area contributed by atoms with Crippen molar-refractivity contribution in [3.8, 4) is 5.75 Å². The number of aromatic hydroxyl groups is 1. The summed E-state index contributed by atoms with van der Waals surface area (Å²) in [7, 11) is -3.44. The van der Waals surface area contributed by atoms with Crippen LogP contribution in [0.5, 0.6) is 5.75 Å². The van der Waals surface area contributed by atoms with Crippen molar-refractivity contribution >= 4 is 10.0 Å². The summed E-state index contributed by atoms with van der Waals surface area (Å²) in [5.41, 5.74) is 3.67. The Hall–Kier alpha value is -2.64. The van der Waals surface area contributed by atoms with Crippen LogP contribution in [0.4, 0.5) is 0 Å². The lowest BCUT2D eigenvalue weighted by Crippen LogP contribution is -2.24. The molecular formula is C18H19N3O3S. The van der Waals surface area contributed by atoms with Gasteiger partial charge >= 0.3 is 0 Å². The van der Waals surface area contributed by atoms with Crippen LogP contribution in [0.15, 0.2) is 61.1 Å². The second-order valence-corrected chi connectivity index (χ2v) is 7.62. The maximum Gasteiger partial charge on any atom is 0.216 e. The third-order valence-electron chi connectivity index (χ3n) is 3.76. The number of imidazole rings is 1. The van der Waals surface area contributed by atoms with Crippen LogP contribution in [0.25, 0.3) is 0 Å². The Morgan fingerprint density at radius 1 is 0.960 bits per heavy atom. The standard InChI is InChI=1S/C18H19N3O3S/c22-18-7-5-16(6-8-18)12-25(23,24)21-10-15-3-1-14(2-4-15)9-17-11-19-13-20-17/h1-8,11,13,21-22H,9-10,12H2,(H,19,20). The summed E-state index contributed by atoms with van der Waals surface area (Å²) in [6.07, 6.45) is 4.19. The van der Waals surface area contributed by atoms with Gasteiger partial charge in [-0.05, 0) is 28.8 Å². The highest BCUT2D eigenvalue weighted by molar-refractivity contribution is 7.88. The summed E-state index contributed by atoms with van der Waals surface area (Å²) in [6, 6.07) is 13.9. The second-order valence-electron chi connectivity index (χ2n) is 5.82. The first kappa shape index (κ1) is 17.2. The van der Waals surface area contributed by atoms with E-state index in [2.05, 4.69) is 14.7 Å². The Morgan fingerprint density at radius 2 is 1.60 bits per heavy atom. The summed E-state index contributed by atoms with van der Waals surface area (Å²) in [6.45, 7) is 0.241. The van der Waals surface area contributed by atoms with E-state index < -0.39 is 10.0 Å². The van der Waals surface area contributed by atoms with E-state index in [-0.39, 0.29) is 18.0 Å². The summed E-state index contributed by atoms with van der Waals surface area (Å²) < 4.78 is 26.9. The summed E-state index contributed by atoms with van der Waals surface area (Å²) in [5.74, 6) is -0.00474. The molecule has 0 aliphatic carbocycles. The monoisotopic (exact) mass is 357 g/mol. The van der Waals surface area contributed by atoms with Gasteiger partial charge in [0.15, 0.2) is 0 Å². The van der Waals surface area contributed by atoms with Gasteiger partial charge in [0.05, 0.1) is 12.1 Å². The third kappa shape index (κ3) is 5.17. The van der Waals surface area contributed by atoms with Crippen LogP contribution in [-0.2, 0) is 28.7 Å². The molecule has 0 radical (unpaired) electrons. The number of nitrogens with one attached hydrogen (secondary N) is 2. The number of sulfonamides is 1. The van der Waals surface area contributed by atoms with Gasteiger partial charge in [0.1, 0.15) is 5.75 Å². The molecule has 3 N–H and O–H groups in total. The minimum absolute atomic E-state index is 0.115. The molecular weight excluding hydrogens is 338 g/mol. The first-order valence-electron chi connectivity index (χ1n) is 7.80. The van der Waals surface area contributed by atoms with E-state index in [0.29, 0.717) is 5.56 Å². The van der Waals surface area contributed by atoms with Crippen molar-refractivity contribution < 1.29 is 13.5 Å². The lowest BCUT2D eigenvalue weighted by molar-refractivity contribution is 0.475. The second kappa shape index (κ2) is 7.50. The van der Waals surface area contributed by atoms with Gasteiger partial charge in [0.25, 0.3) is 0 Å². The van der Waals surface area contributed by atoms with Crippen molar-refractivity contribution in [3.63, 3.8) is 0 Å². The molecule has 25 heavy (non-hydrogen) atoms. The molecule has 6 nitrogen and oxygen atoms in total. The molecule has 1 heterocycles. The fourth-order valence-electron chi connectivity index (χ4n) is 2.43. The van der Waals surface area contributed by atoms with E-state index in [1.807, 2.05) is 24.3 Å². The van der Waals surface area contributed by atoms with Gasteiger partial charge in [-0.2, -0.15) is 0 Å². The molecule has 0 saturated carbocycles. The molecule has 0 aliphatic rings. The number of phenolic OH excluding ortho intramolecular Hbond substituents is 1. The van der Waals surface area contributed by atoms with E-state index in [4.69, 9.17) is 0 Å². The first-order valence-corrected chi connectivity index (χ1v) is 9.46. The number of H-pyrrole nitrogens is 1. The summed E-state index contributed by atoms with van der Waals surface area (Å²) in [4.78, 5) is 7.04. The van der Waals surface area contributed by atoms with E-state index >= 15 is 0 Å². The Kier molecular flexibility index (Phi) is 5.16. The van der Waals surface area contributed by atoms with E-state index in [1.54, 1.807) is 24.7 Å². The van der Waals surface area contributed by atoms with Crippen molar-refractivity contribution in [1.29, 1.82) is 0 Å².